The van der Waals surface area contributed by atoms with Crippen LogP contribution in [-0.4, -0.2) is 76.7 Å². The number of piperidine rings is 1. The molecule has 2 aromatic rings. The van der Waals surface area contributed by atoms with Gasteiger partial charge in [0.25, 0.3) is 5.91 Å². The zero-order valence-electron chi connectivity index (χ0n) is 22.4. The first-order valence-corrected chi connectivity index (χ1v) is 12.7. The highest BCUT2D eigenvalue weighted by Gasteiger charge is 2.54. The third-order valence-corrected chi connectivity index (χ3v) is 6.87. The summed E-state index contributed by atoms with van der Waals surface area (Å²) in [7, 11) is 1.56. The maximum absolute atomic E-state index is 13.8. The summed E-state index contributed by atoms with van der Waals surface area (Å²) in [6.07, 6.45) is -4.04. The molecule has 0 spiro atoms. The van der Waals surface area contributed by atoms with Gasteiger partial charge in [0.2, 0.25) is 17.7 Å². The van der Waals surface area contributed by atoms with Crippen LogP contribution in [0.5, 0.6) is 5.88 Å². The molecule has 3 heterocycles. The Hall–Kier alpha value is -4.00. The van der Waals surface area contributed by atoms with Gasteiger partial charge < -0.3 is 20.7 Å². The molecule has 2 atom stereocenters. The second-order valence-electron chi connectivity index (χ2n) is 10.5. The predicted octanol–water partition coefficient (Wildman–Crippen LogP) is 1.99. The number of nitrogens with one attached hydrogen (secondary N) is 1. The van der Waals surface area contributed by atoms with E-state index < -0.39 is 47.3 Å². The van der Waals surface area contributed by atoms with Crippen LogP contribution >= 0.6 is 0 Å². The van der Waals surface area contributed by atoms with E-state index in [1.54, 1.807) is 7.05 Å². The minimum Gasteiger partial charge on any atom is -0.475 e. The number of alkyl halides is 3. The zero-order valence-corrected chi connectivity index (χ0v) is 22.4. The highest BCUT2D eigenvalue weighted by Crippen LogP contribution is 2.38. The quantitative estimate of drug-likeness (QED) is 0.508. The second-order valence-corrected chi connectivity index (χ2v) is 10.5. The van der Waals surface area contributed by atoms with Gasteiger partial charge in [-0.05, 0) is 31.9 Å². The lowest BCUT2D eigenvalue weighted by atomic mass is 9.73. The minimum absolute atomic E-state index is 0.00291. The number of ether oxygens (including phenoxy) is 1. The molecule has 3 amide bonds. The van der Waals surface area contributed by atoms with E-state index in [0.29, 0.717) is 18.6 Å². The number of amides is 3. The monoisotopic (exact) mass is 560 g/mol. The van der Waals surface area contributed by atoms with E-state index >= 15 is 0 Å². The summed E-state index contributed by atoms with van der Waals surface area (Å²) in [6.45, 7) is 2.61. The Balaban J connectivity index is 1.59. The summed E-state index contributed by atoms with van der Waals surface area (Å²) in [5.74, 6) is -1.85. The van der Waals surface area contributed by atoms with Crippen LogP contribution in [0.25, 0.3) is 0 Å². The third kappa shape index (κ3) is 6.09. The van der Waals surface area contributed by atoms with E-state index in [1.807, 2.05) is 30.3 Å². The average molecular weight is 561 g/mol. The van der Waals surface area contributed by atoms with Crippen molar-refractivity contribution in [1.82, 2.24) is 20.2 Å². The number of rotatable bonds is 8. The number of hydrogen-bond acceptors (Lipinski definition) is 7. The first-order chi connectivity index (χ1) is 18.7. The van der Waals surface area contributed by atoms with Gasteiger partial charge in [-0.2, -0.15) is 18.3 Å². The molecule has 2 aliphatic rings. The number of likely N-dealkylation sites (tertiary alicyclic amines) is 1. The van der Waals surface area contributed by atoms with Crippen molar-refractivity contribution in [2.45, 2.75) is 44.4 Å². The van der Waals surface area contributed by atoms with Crippen molar-refractivity contribution in [2.75, 3.05) is 26.7 Å². The number of hydrazone groups is 1. The lowest BCUT2D eigenvalue weighted by Crippen LogP contribution is -2.62. The summed E-state index contributed by atoms with van der Waals surface area (Å²) in [6, 6.07) is 11.2. The van der Waals surface area contributed by atoms with Gasteiger partial charge >= 0.3 is 6.18 Å². The maximum atomic E-state index is 13.8. The Morgan fingerprint density at radius 2 is 1.85 bits per heavy atom. The van der Waals surface area contributed by atoms with Crippen molar-refractivity contribution >= 4 is 23.4 Å². The number of hydrogen-bond donors (Lipinski definition) is 2. The van der Waals surface area contributed by atoms with E-state index in [2.05, 4.69) is 15.4 Å². The molecule has 214 valence electrons. The minimum atomic E-state index is -4.69. The van der Waals surface area contributed by atoms with E-state index in [-0.39, 0.29) is 24.9 Å². The van der Waals surface area contributed by atoms with E-state index in [9.17, 15) is 27.6 Å². The molecule has 1 saturated heterocycles. The van der Waals surface area contributed by atoms with Crippen LogP contribution in [-0.2, 0) is 27.0 Å². The van der Waals surface area contributed by atoms with Gasteiger partial charge in [-0.15, -0.1) is 0 Å². The van der Waals surface area contributed by atoms with Crippen LogP contribution in [0.1, 0.15) is 31.5 Å². The molecular weight excluding hydrogens is 529 g/mol. The fourth-order valence-electron chi connectivity index (χ4n) is 4.78. The first kappa shape index (κ1) is 29.0. The molecule has 40 heavy (non-hydrogen) atoms. The number of carbonyl (C=O) groups excluding carboxylic acids is 3. The molecule has 0 bridgehead atoms. The number of fused-ring (bicyclic) bond motifs is 1. The molecule has 1 fully saturated rings. The molecule has 0 aliphatic carbocycles. The molecule has 4 rings (SSSR count). The number of halogens is 3. The topological polar surface area (TPSA) is 130 Å². The van der Waals surface area contributed by atoms with Crippen molar-refractivity contribution in [3.63, 3.8) is 0 Å². The smallest absolute Gasteiger partial charge is 0.433 e. The Bertz CT molecular complexity index is 1310. The molecule has 2 aliphatic heterocycles. The van der Waals surface area contributed by atoms with Gasteiger partial charge in [-0.3, -0.25) is 14.4 Å². The summed E-state index contributed by atoms with van der Waals surface area (Å²) in [5.41, 5.74) is 3.87. The fraction of sp³-hybridized carbons (Fsp3) is 0.444. The fourth-order valence-corrected chi connectivity index (χ4v) is 4.78. The van der Waals surface area contributed by atoms with Gasteiger partial charge in [0.1, 0.15) is 23.8 Å². The molecule has 1 aromatic carbocycles. The molecule has 1 unspecified atom stereocenters. The lowest BCUT2D eigenvalue weighted by Gasteiger charge is -2.40. The van der Waals surface area contributed by atoms with Crippen molar-refractivity contribution in [3.8, 4) is 5.88 Å². The van der Waals surface area contributed by atoms with Gasteiger partial charge in [0.05, 0.1) is 11.3 Å². The van der Waals surface area contributed by atoms with Crippen LogP contribution in [0.15, 0.2) is 53.6 Å². The zero-order chi connectivity index (χ0) is 29.3. The van der Waals surface area contributed by atoms with Crippen LogP contribution in [0.3, 0.4) is 0 Å². The highest BCUT2D eigenvalue weighted by atomic mass is 19.4. The van der Waals surface area contributed by atoms with Crippen LogP contribution < -0.4 is 15.8 Å². The number of benzene rings is 1. The number of nitrogens with two attached hydrogens (primary N) is 1. The van der Waals surface area contributed by atoms with Gasteiger partial charge in [-0.25, -0.2) is 9.99 Å². The lowest BCUT2D eigenvalue weighted by molar-refractivity contribution is -0.143. The first-order valence-electron chi connectivity index (χ1n) is 12.7. The molecule has 0 saturated carbocycles. The summed E-state index contributed by atoms with van der Waals surface area (Å²) < 4.78 is 44.8. The van der Waals surface area contributed by atoms with Crippen LogP contribution in [0.4, 0.5) is 13.2 Å². The maximum Gasteiger partial charge on any atom is 0.433 e. The van der Waals surface area contributed by atoms with Gasteiger partial charge in [0.15, 0.2) is 0 Å². The predicted molar refractivity (Wildman–Crippen MR) is 139 cm³/mol. The largest absolute Gasteiger partial charge is 0.475 e. The highest BCUT2D eigenvalue weighted by molar-refractivity contribution is 6.13. The second kappa shape index (κ2) is 10.9. The average Bonchev–Trinajstić information content (AvgIpc) is 3.14. The third-order valence-electron chi connectivity index (χ3n) is 6.87. The van der Waals surface area contributed by atoms with Crippen molar-refractivity contribution in [3.05, 3.63) is 59.8 Å². The number of aromatic nitrogens is 1. The Morgan fingerprint density at radius 3 is 2.50 bits per heavy atom. The summed E-state index contributed by atoms with van der Waals surface area (Å²) in [5, 5.41) is 8.27. The number of carbonyl (C=O) groups is 3. The molecule has 0 radical (unpaired) electrons. The van der Waals surface area contributed by atoms with Crippen molar-refractivity contribution in [1.29, 1.82) is 0 Å². The Kier molecular flexibility index (Phi) is 7.88. The van der Waals surface area contributed by atoms with E-state index in [4.69, 9.17) is 10.5 Å². The van der Waals surface area contributed by atoms with Crippen LogP contribution in [0, 0.1) is 5.41 Å². The van der Waals surface area contributed by atoms with Crippen LogP contribution in [0.2, 0.25) is 0 Å². The SMILES string of the molecule is CN1N=C2CCN(C(=O)C(COc3cccc(C(F)(F)F)n3)NC(=O)C(C)(C)N)C[C@@]2(Cc2ccccc2)C1=O. The Labute approximate surface area is 229 Å². The van der Waals surface area contributed by atoms with Crippen molar-refractivity contribution < 1.29 is 32.3 Å². The summed E-state index contributed by atoms with van der Waals surface area (Å²) >= 11 is 0. The Morgan fingerprint density at radius 1 is 1.15 bits per heavy atom. The summed E-state index contributed by atoms with van der Waals surface area (Å²) in [4.78, 5) is 44.9. The molecular formula is C27H31F3N6O4. The standard InChI is InChI=1S/C27H31F3N6O4/c1-25(2,31)23(38)32-18(15-40-21-11-7-10-20(33-21)27(28,29)30)22(37)36-13-12-19-26(16-36,24(39)35(3)34-19)14-17-8-5-4-6-9-17/h4-11,18H,12-16,31H2,1-3H3,(H,32,38)/t18?,26-/m1/s1. The molecule has 10 nitrogen and oxygen atoms in total. The number of nitrogens with zero attached hydrogens (tertiary/aromatic N) is 4. The van der Waals surface area contributed by atoms with Gasteiger partial charge in [-0.1, -0.05) is 36.4 Å². The molecule has 1 aromatic heterocycles. The molecule has 13 heteroatoms. The van der Waals surface area contributed by atoms with Gasteiger partial charge in [0, 0.05) is 32.6 Å². The normalized spacial score (nSPS) is 20.1. The molecule has 3 N–H and O–H groups in total. The van der Waals surface area contributed by atoms with E-state index in [1.165, 1.54) is 29.8 Å². The van der Waals surface area contributed by atoms with Crippen molar-refractivity contribution in [2.24, 2.45) is 16.3 Å². The van der Waals surface area contributed by atoms with E-state index in [0.717, 1.165) is 17.7 Å². The number of pyridine rings is 1.